The van der Waals surface area contributed by atoms with Crippen LogP contribution in [0.25, 0.3) is 0 Å². The van der Waals surface area contributed by atoms with Crippen molar-refractivity contribution < 1.29 is 5.21 Å². The average molecular weight is 165 g/mol. The van der Waals surface area contributed by atoms with Gasteiger partial charge in [0.25, 0.3) is 0 Å². The van der Waals surface area contributed by atoms with Crippen LogP contribution in [0.1, 0.15) is 12.5 Å². The zero-order chi connectivity index (χ0) is 8.97. The van der Waals surface area contributed by atoms with Gasteiger partial charge in [0.1, 0.15) is 0 Å². The molecule has 0 aliphatic carbocycles. The van der Waals surface area contributed by atoms with E-state index in [-0.39, 0.29) is 6.04 Å². The van der Waals surface area contributed by atoms with Crippen LogP contribution in [0.15, 0.2) is 30.3 Å². The normalized spacial score (nSPS) is 13.3. The van der Waals surface area contributed by atoms with Gasteiger partial charge < -0.3 is 5.21 Å². The van der Waals surface area contributed by atoms with Crippen LogP contribution in [-0.4, -0.2) is 23.4 Å². The summed E-state index contributed by atoms with van der Waals surface area (Å²) in [4.78, 5) is 0. The molecule has 0 bridgehead atoms. The minimum absolute atomic E-state index is 0.174. The van der Waals surface area contributed by atoms with E-state index in [1.807, 2.05) is 25.1 Å². The van der Waals surface area contributed by atoms with Crippen molar-refractivity contribution in [2.75, 3.05) is 7.05 Å². The molecule has 0 aromatic heterocycles. The smallest absolute Gasteiger partial charge is 0.0359 e. The molecular weight excluding hydrogens is 150 g/mol. The number of rotatable bonds is 3. The van der Waals surface area contributed by atoms with Gasteiger partial charge in [0.2, 0.25) is 0 Å². The molecule has 0 aliphatic heterocycles. The van der Waals surface area contributed by atoms with Crippen LogP contribution < -0.4 is 0 Å². The van der Waals surface area contributed by atoms with E-state index >= 15 is 0 Å². The van der Waals surface area contributed by atoms with Crippen molar-refractivity contribution >= 4 is 0 Å². The van der Waals surface area contributed by atoms with Crippen molar-refractivity contribution in [1.82, 2.24) is 5.06 Å². The van der Waals surface area contributed by atoms with Crippen molar-refractivity contribution in [3.8, 4) is 0 Å². The number of hydroxylamine groups is 2. The van der Waals surface area contributed by atoms with E-state index < -0.39 is 0 Å². The van der Waals surface area contributed by atoms with E-state index in [2.05, 4.69) is 12.1 Å². The lowest BCUT2D eigenvalue weighted by Crippen LogP contribution is -2.27. The van der Waals surface area contributed by atoms with E-state index in [0.29, 0.717) is 0 Å². The predicted octanol–water partition coefficient (Wildman–Crippen LogP) is 1.94. The molecule has 1 aromatic carbocycles. The predicted molar refractivity (Wildman–Crippen MR) is 49.2 cm³/mol. The van der Waals surface area contributed by atoms with Gasteiger partial charge >= 0.3 is 0 Å². The van der Waals surface area contributed by atoms with Crippen LogP contribution in [0, 0.1) is 0 Å². The molecule has 0 radical (unpaired) electrons. The third kappa shape index (κ3) is 2.64. The summed E-state index contributed by atoms with van der Waals surface area (Å²) >= 11 is 0. The minimum atomic E-state index is 0.174. The molecule has 0 spiro atoms. The fourth-order valence-electron chi connectivity index (χ4n) is 1.09. The summed E-state index contributed by atoms with van der Waals surface area (Å²) in [7, 11) is 1.67. The minimum Gasteiger partial charge on any atom is -0.314 e. The fourth-order valence-corrected chi connectivity index (χ4v) is 1.09. The molecule has 0 aliphatic rings. The molecular formula is C10H15NO. The molecule has 2 heteroatoms. The molecule has 0 saturated heterocycles. The number of hydrogen-bond acceptors (Lipinski definition) is 2. The summed E-state index contributed by atoms with van der Waals surface area (Å²) < 4.78 is 0. The molecule has 0 fully saturated rings. The molecule has 66 valence electrons. The van der Waals surface area contributed by atoms with Crippen LogP contribution in [0.5, 0.6) is 0 Å². The van der Waals surface area contributed by atoms with Gasteiger partial charge in [-0.3, -0.25) is 0 Å². The zero-order valence-electron chi connectivity index (χ0n) is 7.57. The summed E-state index contributed by atoms with van der Waals surface area (Å²) in [6.45, 7) is 1.99. The second-order valence-electron chi connectivity index (χ2n) is 3.11. The Morgan fingerprint density at radius 3 is 2.42 bits per heavy atom. The van der Waals surface area contributed by atoms with E-state index in [4.69, 9.17) is 5.21 Å². The number of nitrogens with zero attached hydrogens (tertiary/aromatic N) is 1. The average Bonchev–Trinajstić information content (AvgIpc) is 2.06. The van der Waals surface area contributed by atoms with Crippen molar-refractivity contribution in [1.29, 1.82) is 0 Å². The second kappa shape index (κ2) is 4.24. The first-order valence-corrected chi connectivity index (χ1v) is 4.16. The standard InChI is InChI=1S/C10H15NO/c1-9(11(2)12)8-10-6-4-3-5-7-10/h3-7,9,12H,8H2,1-2H3/t9-/m0/s1. The molecule has 1 rings (SSSR count). The maximum atomic E-state index is 9.12. The molecule has 0 saturated carbocycles. The summed E-state index contributed by atoms with van der Waals surface area (Å²) in [6.07, 6.45) is 0.883. The highest BCUT2D eigenvalue weighted by molar-refractivity contribution is 5.15. The number of likely N-dealkylation sites (N-methyl/N-ethyl adjacent to an activating group) is 1. The van der Waals surface area contributed by atoms with Gasteiger partial charge in [0.05, 0.1) is 0 Å². The Bertz CT molecular complexity index is 221. The van der Waals surface area contributed by atoms with E-state index in [1.54, 1.807) is 7.05 Å². The van der Waals surface area contributed by atoms with Gasteiger partial charge in [0, 0.05) is 13.1 Å². The first kappa shape index (κ1) is 9.23. The maximum absolute atomic E-state index is 9.12. The van der Waals surface area contributed by atoms with Crippen molar-refractivity contribution in [2.45, 2.75) is 19.4 Å². The molecule has 1 atom stereocenters. The molecule has 0 unspecified atom stereocenters. The van der Waals surface area contributed by atoms with Crippen LogP contribution in [0.4, 0.5) is 0 Å². The monoisotopic (exact) mass is 165 g/mol. The highest BCUT2D eigenvalue weighted by Gasteiger charge is 2.05. The Balaban J connectivity index is 2.53. The maximum Gasteiger partial charge on any atom is 0.0359 e. The summed E-state index contributed by atoms with van der Waals surface area (Å²) in [5, 5.41) is 10.4. The Morgan fingerprint density at radius 2 is 1.92 bits per heavy atom. The Labute approximate surface area is 73.4 Å². The summed E-state index contributed by atoms with van der Waals surface area (Å²) in [6, 6.07) is 10.3. The lowest BCUT2D eigenvalue weighted by atomic mass is 10.1. The largest absolute Gasteiger partial charge is 0.314 e. The lowest BCUT2D eigenvalue weighted by Gasteiger charge is -2.17. The van der Waals surface area contributed by atoms with E-state index in [1.165, 1.54) is 10.6 Å². The van der Waals surface area contributed by atoms with Gasteiger partial charge in [-0.25, -0.2) is 0 Å². The van der Waals surface area contributed by atoms with E-state index in [0.717, 1.165) is 6.42 Å². The molecule has 0 heterocycles. The van der Waals surface area contributed by atoms with Crippen LogP contribution in [0.2, 0.25) is 0 Å². The van der Waals surface area contributed by atoms with Crippen LogP contribution in [-0.2, 0) is 6.42 Å². The van der Waals surface area contributed by atoms with Gasteiger partial charge in [-0.05, 0) is 18.9 Å². The molecule has 2 nitrogen and oxygen atoms in total. The molecule has 12 heavy (non-hydrogen) atoms. The second-order valence-corrected chi connectivity index (χ2v) is 3.11. The zero-order valence-corrected chi connectivity index (χ0v) is 7.57. The van der Waals surface area contributed by atoms with E-state index in [9.17, 15) is 0 Å². The third-order valence-corrected chi connectivity index (χ3v) is 2.01. The van der Waals surface area contributed by atoms with Crippen molar-refractivity contribution in [2.24, 2.45) is 0 Å². The first-order chi connectivity index (χ1) is 5.70. The SMILES string of the molecule is C[C@@H](Cc1ccccc1)N(C)O. The quantitative estimate of drug-likeness (QED) is 0.692. The Kier molecular flexibility index (Phi) is 3.26. The Hall–Kier alpha value is -0.860. The van der Waals surface area contributed by atoms with Crippen LogP contribution in [0.3, 0.4) is 0 Å². The third-order valence-electron chi connectivity index (χ3n) is 2.01. The van der Waals surface area contributed by atoms with Gasteiger partial charge in [-0.2, -0.15) is 5.06 Å². The molecule has 1 N–H and O–H groups in total. The molecule has 1 aromatic rings. The van der Waals surface area contributed by atoms with Crippen molar-refractivity contribution in [3.63, 3.8) is 0 Å². The highest BCUT2D eigenvalue weighted by atomic mass is 16.5. The summed E-state index contributed by atoms with van der Waals surface area (Å²) in [5.74, 6) is 0. The number of hydrogen-bond donors (Lipinski definition) is 1. The lowest BCUT2D eigenvalue weighted by molar-refractivity contribution is -0.0963. The first-order valence-electron chi connectivity index (χ1n) is 4.16. The number of benzene rings is 1. The van der Waals surface area contributed by atoms with Gasteiger partial charge in [-0.1, -0.05) is 30.3 Å². The van der Waals surface area contributed by atoms with Gasteiger partial charge in [0.15, 0.2) is 0 Å². The van der Waals surface area contributed by atoms with Gasteiger partial charge in [-0.15, -0.1) is 0 Å². The molecule has 0 amide bonds. The Morgan fingerprint density at radius 1 is 1.33 bits per heavy atom. The van der Waals surface area contributed by atoms with Crippen LogP contribution >= 0.6 is 0 Å². The fraction of sp³-hybridized carbons (Fsp3) is 0.400. The van der Waals surface area contributed by atoms with Crippen molar-refractivity contribution in [3.05, 3.63) is 35.9 Å². The highest BCUT2D eigenvalue weighted by Crippen LogP contribution is 2.05. The topological polar surface area (TPSA) is 23.5 Å². The summed E-state index contributed by atoms with van der Waals surface area (Å²) in [5.41, 5.74) is 1.26.